The fourth-order valence-electron chi connectivity index (χ4n) is 1.29. The van der Waals surface area contributed by atoms with E-state index in [1.54, 1.807) is 12.1 Å². The van der Waals surface area contributed by atoms with Gasteiger partial charge >= 0.3 is 5.97 Å². The van der Waals surface area contributed by atoms with E-state index in [2.05, 4.69) is 5.32 Å². The van der Waals surface area contributed by atoms with Gasteiger partial charge < -0.3 is 10.4 Å². The minimum Gasteiger partial charge on any atom is -0.480 e. The van der Waals surface area contributed by atoms with Crippen LogP contribution in [0.3, 0.4) is 0 Å². The Labute approximate surface area is 101 Å². The van der Waals surface area contributed by atoms with Crippen LogP contribution in [0.2, 0.25) is 0 Å². The lowest BCUT2D eigenvalue weighted by Gasteiger charge is -2.21. The lowest BCUT2D eigenvalue weighted by Crippen LogP contribution is -2.49. The molecule has 0 saturated heterocycles. The maximum atomic E-state index is 11.9. The van der Waals surface area contributed by atoms with Crippen molar-refractivity contribution >= 4 is 11.9 Å². The maximum absolute atomic E-state index is 11.9. The van der Waals surface area contributed by atoms with Gasteiger partial charge in [-0.2, -0.15) is 0 Å². The van der Waals surface area contributed by atoms with Gasteiger partial charge in [0.15, 0.2) is 0 Å². The lowest BCUT2D eigenvalue weighted by molar-refractivity contribution is -0.143. The normalized spacial score (nSPS) is 11.1. The maximum Gasteiger partial charge on any atom is 0.328 e. The average molecular weight is 235 g/mol. The predicted octanol–water partition coefficient (Wildman–Crippen LogP) is 1.90. The molecular formula is C13H17NO3. The monoisotopic (exact) mass is 235 g/mol. The highest BCUT2D eigenvalue weighted by Crippen LogP contribution is 2.11. The molecule has 0 saturated carbocycles. The number of carbonyl (C=O) groups is 2. The summed E-state index contributed by atoms with van der Waals surface area (Å²) in [5.41, 5.74) is 1.31. The molecule has 0 aliphatic rings. The Morgan fingerprint density at radius 3 is 2.24 bits per heavy atom. The molecule has 1 rings (SSSR count). The van der Waals surface area contributed by atoms with Gasteiger partial charge in [0.1, 0.15) is 5.54 Å². The molecule has 2 N–H and O–H groups in total. The summed E-state index contributed by atoms with van der Waals surface area (Å²) in [7, 11) is 0. The van der Waals surface area contributed by atoms with E-state index in [1.165, 1.54) is 13.8 Å². The summed E-state index contributed by atoms with van der Waals surface area (Å²) in [6, 6.07) is 5.29. The third-order valence-electron chi connectivity index (χ3n) is 2.73. The summed E-state index contributed by atoms with van der Waals surface area (Å²) in [4.78, 5) is 22.7. The predicted molar refractivity (Wildman–Crippen MR) is 65.1 cm³/mol. The Hall–Kier alpha value is -1.84. The fraction of sp³-hybridized carbons (Fsp3) is 0.385. The minimum atomic E-state index is -1.27. The molecule has 0 bridgehead atoms. The number of aliphatic carboxylic acids is 1. The second kappa shape index (κ2) is 4.57. The van der Waals surface area contributed by atoms with Gasteiger partial charge in [0, 0.05) is 5.56 Å². The van der Waals surface area contributed by atoms with Crippen molar-refractivity contribution in [2.75, 3.05) is 0 Å². The summed E-state index contributed by atoms with van der Waals surface area (Å²) < 4.78 is 0. The first-order valence-electron chi connectivity index (χ1n) is 5.37. The summed E-state index contributed by atoms with van der Waals surface area (Å²) >= 11 is 0. The van der Waals surface area contributed by atoms with Crippen LogP contribution in [0.4, 0.5) is 0 Å². The average Bonchev–Trinajstić information content (AvgIpc) is 2.21. The molecule has 0 spiro atoms. The number of carbonyl (C=O) groups excluding carboxylic acids is 1. The third kappa shape index (κ3) is 3.06. The number of carboxylic acids is 1. The van der Waals surface area contributed by atoms with E-state index in [-0.39, 0.29) is 5.91 Å². The van der Waals surface area contributed by atoms with Crippen LogP contribution in [0.5, 0.6) is 0 Å². The van der Waals surface area contributed by atoms with E-state index in [0.29, 0.717) is 5.56 Å². The van der Waals surface area contributed by atoms with Gasteiger partial charge in [-0.25, -0.2) is 4.79 Å². The summed E-state index contributed by atoms with van der Waals surface area (Å²) in [6.07, 6.45) is 0. The first-order chi connectivity index (χ1) is 7.74. The highest BCUT2D eigenvalue weighted by atomic mass is 16.4. The van der Waals surface area contributed by atoms with Gasteiger partial charge in [0.25, 0.3) is 5.91 Å². The molecule has 4 heteroatoms. The van der Waals surface area contributed by atoms with Crippen molar-refractivity contribution in [2.24, 2.45) is 0 Å². The van der Waals surface area contributed by atoms with Crippen LogP contribution >= 0.6 is 0 Å². The van der Waals surface area contributed by atoms with Crippen molar-refractivity contribution in [2.45, 2.75) is 33.2 Å². The zero-order valence-electron chi connectivity index (χ0n) is 10.5. The quantitative estimate of drug-likeness (QED) is 0.840. The topological polar surface area (TPSA) is 66.4 Å². The van der Waals surface area contributed by atoms with Crippen LogP contribution in [0.25, 0.3) is 0 Å². The zero-order valence-corrected chi connectivity index (χ0v) is 10.5. The number of amides is 1. The molecule has 17 heavy (non-hydrogen) atoms. The number of nitrogens with one attached hydrogen (secondary N) is 1. The van der Waals surface area contributed by atoms with Crippen molar-refractivity contribution in [3.63, 3.8) is 0 Å². The summed E-state index contributed by atoms with van der Waals surface area (Å²) in [5.74, 6) is -1.44. The fourth-order valence-corrected chi connectivity index (χ4v) is 1.29. The van der Waals surface area contributed by atoms with Crippen LogP contribution < -0.4 is 5.32 Å². The molecule has 0 fully saturated rings. The van der Waals surface area contributed by atoms with E-state index in [0.717, 1.165) is 11.1 Å². The number of hydrogen-bond donors (Lipinski definition) is 2. The van der Waals surface area contributed by atoms with Gasteiger partial charge in [-0.3, -0.25) is 4.79 Å². The molecule has 0 heterocycles. The van der Waals surface area contributed by atoms with Crippen molar-refractivity contribution in [3.05, 3.63) is 34.9 Å². The van der Waals surface area contributed by atoms with Crippen molar-refractivity contribution in [1.82, 2.24) is 5.32 Å². The smallest absolute Gasteiger partial charge is 0.328 e. The summed E-state index contributed by atoms with van der Waals surface area (Å²) in [5, 5.41) is 11.4. The molecular weight excluding hydrogens is 218 g/mol. The second-order valence-electron chi connectivity index (χ2n) is 4.68. The molecule has 4 nitrogen and oxygen atoms in total. The van der Waals surface area contributed by atoms with E-state index in [4.69, 9.17) is 5.11 Å². The van der Waals surface area contributed by atoms with Crippen LogP contribution in [0, 0.1) is 13.8 Å². The number of carboxylic acid groups (broad SMARTS) is 1. The van der Waals surface area contributed by atoms with Gasteiger partial charge in [0.05, 0.1) is 0 Å². The molecule has 0 radical (unpaired) electrons. The molecule has 0 unspecified atom stereocenters. The Bertz CT molecular complexity index is 464. The summed E-state index contributed by atoms with van der Waals surface area (Å²) in [6.45, 7) is 6.77. The number of rotatable bonds is 3. The van der Waals surface area contributed by atoms with Crippen LogP contribution in [0.1, 0.15) is 35.3 Å². The van der Waals surface area contributed by atoms with E-state index >= 15 is 0 Å². The highest BCUT2D eigenvalue weighted by molar-refractivity contribution is 5.97. The number of hydrogen-bond acceptors (Lipinski definition) is 2. The first-order valence-corrected chi connectivity index (χ1v) is 5.37. The first kappa shape index (κ1) is 13.2. The van der Waals surface area contributed by atoms with Gasteiger partial charge in [-0.1, -0.05) is 6.07 Å². The molecule has 1 aromatic rings. The SMILES string of the molecule is Cc1ccc(C(=O)NC(C)(C)C(=O)O)cc1C. The highest BCUT2D eigenvalue weighted by Gasteiger charge is 2.29. The van der Waals surface area contributed by atoms with Crippen LogP contribution in [-0.2, 0) is 4.79 Å². The molecule has 0 atom stereocenters. The van der Waals surface area contributed by atoms with Crippen molar-refractivity contribution in [3.8, 4) is 0 Å². The number of benzene rings is 1. The second-order valence-corrected chi connectivity index (χ2v) is 4.68. The minimum absolute atomic E-state index is 0.375. The van der Waals surface area contributed by atoms with Crippen LogP contribution in [0.15, 0.2) is 18.2 Å². The Morgan fingerprint density at radius 1 is 1.18 bits per heavy atom. The van der Waals surface area contributed by atoms with E-state index in [9.17, 15) is 9.59 Å². The molecule has 1 aromatic carbocycles. The van der Waals surface area contributed by atoms with E-state index < -0.39 is 11.5 Å². The largest absolute Gasteiger partial charge is 0.480 e. The molecule has 92 valence electrons. The number of aryl methyl sites for hydroxylation is 2. The molecule has 1 amide bonds. The van der Waals surface area contributed by atoms with E-state index in [1.807, 2.05) is 19.9 Å². The molecule has 0 aliphatic heterocycles. The standard InChI is InChI=1S/C13H17NO3/c1-8-5-6-10(7-9(8)2)11(15)14-13(3,4)12(16)17/h5-7H,1-4H3,(H,14,15)(H,16,17). The molecule has 0 aliphatic carbocycles. The van der Waals surface area contributed by atoms with Crippen molar-refractivity contribution < 1.29 is 14.7 Å². The Morgan fingerprint density at radius 2 is 1.76 bits per heavy atom. The lowest BCUT2D eigenvalue weighted by atomic mass is 10.0. The van der Waals surface area contributed by atoms with Crippen LogP contribution in [-0.4, -0.2) is 22.5 Å². The Kier molecular flexibility index (Phi) is 3.56. The van der Waals surface area contributed by atoms with Gasteiger partial charge in [-0.15, -0.1) is 0 Å². The molecule has 0 aromatic heterocycles. The van der Waals surface area contributed by atoms with Crippen molar-refractivity contribution in [1.29, 1.82) is 0 Å². The third-order valence-corrected chi connectivity index (χ3v) is 2.73. The zero-order chi connectivity index (χ0) is 13.2. The van der Waals surface area contributed by atoms with Gasteiger partial charge in [0.2, 0.25) is 0 Å². The Balaban J connectivity index is 2.91. The van der Waals surface area contributed by atoms with Gasteiger partial charge in [-0.05, 0) is 51.0 Å².